The zero-order chi connectivity index (χ0) is 15.8. The van der Waals surface area contributed by atoms with Gasteiger partial charge in [-0.25, -0.2) is 4.79 Å². The van der Waals surface area contributed by atoms with Crippen molar-refractivity contribution in [2.45, 2.75) is 12.8 Å². The molecule has 116 valence electrons. The maximum Gasteiger partial charge on any atom is 0.328 e. The van der Waals surface area contributed by atoms with Gasteiger partial charge in [0.15, 0.2) is 0 Å². The van der Waals surface area contributed by atoms with Crippen LogP contribution in [0.15, 0.2) is 42.5 Å². The molecule has 5 heteroatoms. The molecular weight excluding hydrogens is 290 g/mol. The molecule has 0 aliphatic carbocycles. The summed E-state index contributed by atoms with van der Waals surface area (Å²) in [6.07, 6.45) is 1.40. The summed E-state index contributed by atoms with van der Waals surface area (Å²) >= 11 is 0. The van der Waals surface area contributed by atoms with Gasteiger partial charge in [-0.05, 0) is 47.4 Å². The molecule has 4 rings (SSSR count). The average Bonchev–Trinajstić information content (AvgIpc) is 3.03. The molecule has 1 saturated heterocycles. The van der Waals surface area contributed by atoms with Crippen LogP contribution >= 0.6 is 0 Å². The number of anilines is 2. The molecule has 3 amide bonds. The molecule has 0 atom stereocenters. The van der Waals surface area contributed by atoms with Crippen molar-refractivity contribution in [2.75, 3.05) is 23.3 Å². The van der Waals surface area contributed by atoms with Crippen LogP contribution in [0.2, 0.25) is 0 Å². The Bertz CT molecular complexity index is 783. The zero-order valence-electron chi connectivity index (χ0n) is 12.6. The van der Waals surface area contributed by atoms with Gasteiger partial charge in [0.25, 0.3) is 0 Å². The average molecular weight is 307 g/mol. The summed E-state index contributed by atoms with van der Waals surface area (Å²) in [5, 5.41) is 5.70. The third kappa shape index (κ3) is 2.54. The lowest BCUT2D eigenvalue weighted by Crippen LogP contribution is -2.49. The van der Waals surface area contributed by atoms with Crippen molar-refractivity contribution in [1.82, 2.24) is 5.32 Å². The maximum atomic E-state index is 11.9. The van der Waals surface area contributed by atoms with E-state index in [-0.39, 0.29) is 11.9 Å². The SMILES string of the molecule is O=C1CCN(c2ccc(-c3ccc4c(c3)CCN4)cc2)C(=O)N1. The Labute approximate surface area is 134 Å². The minimum atomic E-state index is -0.349. The van der Waals surface area contributed by atoms with Crippen molar-refractivity contribution < 1.29 is 9.59 Å². The highest BCUT2D eigenvalue weighted by atomic mass is 16.2. The molecule has 2 N–H and O–H groups in total. The molecule has 23 heavy (non-hydrogen) atoms. The van der Waals surface area contributed by atoms with Crippen LogP contribution in [-0.4, -0.2) is 25.0 Å². The van der Waals surface area contributed by atoms with Crippen LogP contribution in [0, 0.1) is 0 Å². The molecule has 2 aliphatic rings. The predicted molar refractivity (Wildman–Crippen MR) is 89.6 cm³/mol. The first kappa shape index (κ1) is 13.8. The molecule has 0 unspecified atom stereocenters. The number of rotatable bonds is 2. The molecular formula is C18H17N3O2. The highest BCUT2D eigenvalue weighted by molar-refractivity contribution is 6.05. The highest BCUT2D eigenvalue weighted by Gasteiger charge is 2.24. The third-order valence-electron chi connectivity index (χ3n) is 4.38. The van der Waals surface area contributed by atoms with E-state index in [1.807, 2.05) is 24.3 Å². The lowest BCUT2D eigenvalue weighted by Gasteiger charge is -2.26. The van der Waals surface area contributed by atoms with E-state index in [1.54, 1.807) is 4.90 Å². The highest BCUT2D eigenvalue weighted by Crippen LogP contribution is 2.29. The second kappa shape index (κ2) is 5.43. The summed E-state index contributed by atoms with van der Waals surface area (Å²) in [5.74, 6) is -0.213. The predicted octanol–water partition coefficient (Wildman–Crippen LogP) is 2.77. The third-order valence-corrected chi connectivity index (χ3v) is 4.38. The van der Waals surface area contributed by atoms with Crippen molar-refractivity contribution in [1.29, 1.82) is 0 Å². The van der Waals surface area contributed by atoms with Crippen LogP contribution in [-0.2, 0) is 11.2 Å². The fraction of sp³-hybridized carbons (Fsp3) is 0.222. The lowest BCUT2D eigenvalue weighted by atomic mass is 10.0. The number of urea groups is 1. The molecule has 0 bridgehead atoms. The number of benzene rings is 2. The van der Waals surface area contributed by atoms with Gasteiger partial charge < -0.3 is 5.32 Å². The molecule has 2 aromatic rings. The Morgan fingerprint density at radius 3 is 2.48 bits per heavy atom. The van der Waals surface area contributed by atoms with Crippen LogP contribution in [0.4, 0.5) is 16.2 Å². The molecule has 0 spiro atoms. The largest absolute Gasteiger partial charge is 0.384 e. The van der Waals surface area contributed by atoms with E-state index < -0.39 is 0 Å². The summed E-state index contributed by atoms with van der Waals surface area (Å²) in [6.45, 7) is 1.43. The van der Waals surface area contributed by atoms with Crippen molar-refractivity contribution in [3.8, 4) is 11.1 Å². The number of fused-ring (bicyclic) bond motifs is 1. The van der Waals surface area contributed by atoms with Crippen molar-refractivity contribution in [3.63, 3.8) is 0 Å². The number of carbonyl (C=O) groups is 2. The first-order chi connectivity index (χ1) is 11.2. The number of nitrogens with zero attached hydrogens (tertiary/aromatic N) is 1. The molecule has 5 nitrogen and oxygen atoms in total. The molecule has 1 fully saturated rings. The maximum absolute atomic E-state index is 11.9. The fourth-order valence-electron chi connectivity index (χ4n) is 3.13. The lowest BCUT2D eigenvalue weighted by molar-refractivity contribution is -0.120. The van der Waals surface area contributed by atoms with E-state index in [4.69, 9.17) is 0 Å². The first-order valence-corrected chi connectivity index (χ1v) is 7.79. The van der Waals surface area contributed by atoms with Gasteiger partial charge in [0, 0.05) is 30.9 Å². The number of hydrogen-bond donors (Lipinski definition) is 2. The Kier molecular flexibility index (Phi) is 3.26. The van der Waals surface area contributed by atoms with Gasteiger partial charge in [0.1, 0.15) is 0 Å². The van der Waals surface area contributed by atoms with E-state index in [1.165, 1.54) is 16.8 Å². The van der Waals surface area contributed by atoms with Gasteiger partial charge >= 0.3 is 6.03 Å². The van der Waals surface area contributed by atoms with Crippen LogP contribution < -0.4 is 15.5 Å². The summed E-state index contributed by atoms with van der Waals surface area (Å²) in [4.78, 5) is 24.7. The Morgan fingerprint density at radius 1 is 0.913 bits per heavy atom. The number of amides is 3. The quantitative estimate of drug-likeness (QED) is 0.897. The van der Waals surface area contributed by atoms with Crippen molar-refractivity contribution in [2.24, 2.45) is 0 Å². The van der Waals surface area contributed by atoms with Crippen LogP contribution in [0.1, 0.15) is 12.0 Å². The van der Waals surface area contributed by atoms with Crippen molar-refractivity contribution in [3.05, 3.63) is 48.0 Å². The molecule has 2 heterocycles. The van der Waals surface area contributed by atoms with Gasteiger partial charge in [-0.2, -0.15) is 0 Å². The summed E-state index contributed by atoms with van der Waals surface area (Å²) in [6, 6.07) is 14.0. The second-order valence-corrected chi connectivity index (χ2v) is 5.85. The monoisotopic (exact) mass is 307 g/mol. The topological polar surface area (TPSA) is 61.4 Å². The normalized spacial score (nSPS) is 16.8. The van der Waals surface area contributed by atoms with Crippen molar-refractivity contribution >= 4 is 23.3 Å². The van der Waals surface area contributed by atoms with Crippen LogP contribution in [0.5, 0.6) is 0 Å². The van der Waals surface area contributed by atoms with E-state index in [2.05, 4.69) is 28.8 Å². The molecule has 0 aromatic heterocycles. The van der Waals surface area contributed by atoms with Gasteiger partial charge in [-0.3, -0.25) is 15.0 Å². The van der Waals surface area contributed by atoms with Gasteiger partial charge in [-0.1, -0.05) is 18.2 Å². The van der Waals surface area contributed by atoms with E-state index in [0.717, 1.165) is 24.2 Å². The Morgan fingerprint density at radius 2 is 1.70 bits per heavy atom. The van der Waals surface area contributed by atoms with E-state index in [9.17, 15) is 9.59 Å². The molecule has 0 saturated carbocycles. The second-order valence-electron chi connectivity index (χ2n) is 5.85. The summed E-state index contributed by atoms with van der Waals surface area (Å²) in [5.41, 5.74) is 5.68. The fourth-order valence-corrected chi connectivity index (χ4v) is 3.13. The molecule has 2 aromatic carbocycles. The molecule has 0 radical (unpaired) electrons. The number of hydrogen-bond acceptors (Lipinski definition) is 3. The van der Waals surface area contributed by atoms with Crippen LogP contribution in [0.3, 0.4) is 0 Å². The van der Waals surface area contributed by atoms with E-state index >= 15 is 0 Å². The number of carbonyl (C=O) groups excluding carboxylic acids is 2. The van der Waals surface area contributed by atoms with Gasteiger partial charge in [0.05, 0.1) is 0 Å². The number of nitrogens with one attached hydrogen (secondary N) is 2. The summed E-state index contributed by atoms with van der Waals surface area (Å²) in [7, 11) is 0. The Hall–Kier alpha value is -2.82. The minimum Gasteiger partial charge on any atom is -0.384 e. The van der Waals surface area contributed by atoms with E-state index in [0.29, 0.717) is 13.0 Å². The summed E-state index contributed by atoms with van der Waals surface area (Å²) < 4.78 is 0. The zero-order valence-corrected chi connectivity index (χ0v) is 12.6. The Balaban J connectivity index is 1.58. The first-order valence-electron chi connectivity index (χ1n) is 7.79. The van der Waals surface area contributed by atoms with Gasteiger partial charge in [0.2, 0.25) is 5.91 Å². The standard InChI is InChI=1S/C18H17N3O2/c22-17-8-10-21(18(23)20-17)15-4-1-12(2-5-15)13-3-6-16-14(11-13)7-9-19-16/h1-6,11,19H,7-10H2,(H,20,22,23). The van der Waals surface area contributed by atoms with Crippen LogP contribution in [0.25, 0.3) is 11.1 Å². The minimum absolute atomic E-state index is 0.213. The number of imide groups is 1. The smallest absolute Gasteiger partial charge is 0.328 e. The van der Waals surface area contributed by atoms with Gasteiger partial charge in [-0.15, -0.1) is 0 Å². The molecule has 2 aliphatic heterocycles.